The number of nitrogens with zero attached hydrogens (tertiary/aromatic N) is 2. The van der Waals surface area contributed by atoms with Crippen molar-refractivity contribution in [3.8, 4) is 5.69 Å². The van der Waals surface area contributed by atoms with Crippen LogP contribution in [0.15, 0.2) is 48.5 Å². The molecule has 1 aromatic heterocycles. The molecule has 0 spiro atoms. The molecule has 27 heavy (non-hydrogen) atoms. The monoisotopic (exact) mass is 379 g/mol. The number of fused-ring (bicyclic) bond motifs is 1. The summed E-state index contributed by atoms with van der Waals surface area (Å²) >= 11 is 6.04. The van der Waals surface area contributed by atoms with E-state index in [0.29, 0.717) is 28.7 Å². The number of carbonyl (C=O) groups is 1. The highest BCUT2D eigenvalue weighted by molar-refractivity contribution is 6.30. The SMILES string of the molecule is CCc1ccccc1Nc1nn(-c2ccc(Cl)cc2)c2c1C(=O)CC(C)C2. The molecule has 1 aliphatic carbocycles. The molecule has 0 aliphatic heterocycles. The number of hydrogen-bond acceptors (Lipinski definition) is 3. The Kier molecular flexibility index (Phi) is 4.75. The maximum Gasteiger partial charge on any atom is 0.168 e. The number of para-hydroxylation sites is 1. The molecule has 1 unspecified atom stereocenters. The summed E-state index contributed by atoms with van der Waals surface area (Å²) in [6.45, 7) is 4.23. The molecule has 0 radical (unpaired) electrons. The fourth-order valence-electron chi connectivity index (χ4n) is 3.72. The van der Waals surface area contributed by atoms with Gasteiger partial charge in [-0.25, -0.2) is 4.68 Å². The molecule has 1 heterocycles. The van der Waals surface area contributed by atoms with Crippen LogP contribution in [0.4, 0.5) is 11.5 Å². The second-order valence-electron chi connectivity index (χ2n) is 7.13. The molecule has 138 valence electrons. The Morgan fingerprint density at radius 3 is 2.63 bits per heavy atom. The number of carbonyl (C=O) groups excluding carboxylic acids is 1. The first kappa shape index (κ1) is 17.8. The maximum atomic E-state index is 12.8. The fourth-order valence-corrected chi connectivity index (χ4v) is 3.84. The number of nitrogens with one attached hydrogen (secondary N) is 1. The van der Waals surface area contributed by atoms with Crippen LogP contribution in [0.25, 0.3) is 5.69 Å². The van der Waals surface area contributed by atoms with Crippen molar-refractivity contribution in [3.05, 3.63) is 70.4 Å². The molecule has 1 aliphatic rings. The Morgan fingerprint density at radius 1 is 1.15 bits per heavy atom. The number of ketones is 1. The van der Waals surface area contributed by atoms with E-state index >= 15 is 0 Å². The third-order valence-corrected chi connectivity index (χ3v) is 5.31. The summed E-state index contributed by atoms with van der Waals surface area (Å²) in [4.78, 5) is 12.8. The average Bonchev–Trinajstić information content (AvgIpc) is 3.01. The lowest BCUT2D eigenvalue weighted by Gasteiger charge is -2.19. The van der Waals surface area contributed by atoms with E-state index in [1.165, 1.54) is 5.56 Å². The molecule has 2 aromatic carbocycles. The van der Waals surface area contributed by atoms with Gasteiger partial charge in [-0.2, -0.15) is 0 Å². The minimum atomic E-state index is 0.153. The van der Waals surface area contributed by atoms with Crippen molar-refractivity contribution in [3.63, 3.8) is 0 Å². The van der Waals surface area contributed by atoms with Gasteiger partial charge in [-0.15, -0.1) is 5.10 Å². The zero-order valence-electron chi connectivity index (χ0n) is 15.5. The Hall–Kier alpha value is -2.59. The van der Waals surface area contributed by atoms with Crippen LogP contribution in [0.3, 0.4) is 0 Å². The molecule has 1 atom stereocenters. The highest BCUT2D eigenvalue weighted by atomic mass is 35.5. The molecule has 5 heteroatoms. The van der Waals surface area contributed by atoms with E-state index in [2.05, 4.69) is 25.2 Å². The smallest absolute Gasteiger partial charge is 0.168 e. The van der Waals surface area contributed by atoms with Crippen LogP contribution in [-0.4, -0.2) is 15.6 Å². The lowest BCUT2D eigenvalue weighted by atomic mass is 9.87. The first-order valence-electron chi connectivity index (χ1n) is 9.32. The predicted octanol–water partition coefficient (Wildman–Crippen LogP) is 5.60. The van der Waals surface area contributed by atoms with Crippen LogP contribution in [0.1, 0.15) is 41.9 Å². The summed E-state index contributed by atoms with van der Waals surface area (Å²) < 4.78 is 1.89. The predicted molar refractivity (Wildman–Crippen MR) is 109 cm³/mol. The standard InChI is InChI=1S/C22H22ClN3O/c1-3-15-6-4-5-7-18(15)24-22-21-19(12-14(2)13-20(21)27)26(25-22)17-10-8-16(23)9-11-17/h4-11,14H,3,12-13H2,1-2H3,(H,24,25). The molecule has 0 fully saturated rings. The second kappa shape index (κ2) is 7.20. The van der Waals surface area contributed by atoms with Gasteiger partial charge in [0.25, 0.3) is 0 Å². The summed E-state index contributed by atoms with van der Waals surface area (Å²) in [6, 6.07) is 15.7. The van der Waals surface area contributed by atoms with Crippen LogP contribution < -0.4 is 5.32 Å². The van der Waals surface area contributed by atoms with Crippen LogP contribution >= 0.6 is 11.6 Å². The summed E-state index contributed by atoms with van der Waals surface area (Å²) in [7, 11) is 0. The van der Waals surface area contributed by atoms with Crippen molar-refractivity contribution in [1.82, 2.24) is 9.78 Å². The highest BCUT2D eigenvalue weighted by Gasteiger charge is 2.31. The maximum absolute atomic E-state index is 12.8. The van der Waals surface area contributed by atoms with E-state index in [-0.39, 0.29) is 5.78 Å². The number of Topliss-reactive ketones (excluding diaryl/α,β-unsaturated/α-hetero) is 1. The van der Waals surface area contributed by atoms with Crippen molar-refractivity contribution in [2.45, 2.75) is 33.1 Å². The molecule has 3 aromatic rings. The Morgan fingerprint density at radius 2 is 1.89 bits per heavy atom. The molecule has 0 amide bonds. The number of benzene rings is 2. The molecular formula is C22H22ClN3O. The van der Waals surface area contributed by atoms with Crippen LogP contribution in [0, 0.1) is 5.92 Å². The number of aryl methyl sites for hydroxylation is 1. The summed E-state index contributed by atoms with van der Waals surface area (Å²) in [5.74, 6) is 1.10. The molecule has 4 nitrogen and oxygen atoms in total. The molecule has 1 N–H and O–H groups in total. The van der Waals surface area contributed by atoms with E-state index in [1.54, 1.807) is 0 Å². The molecule has 0 saturated heterocycles. The zero-order valence-corrected chi connectivity index (χ0v) is 16.3. The van der Waals surface area contributed by atoms with E-state index < -0.39 is 0 Å². The van der Waals surface area contributed by atoms with Gasteiger partial charge in [0, 0.05) is 17.1 Å². The highest BCUT2D eigenvalue weighted by Crippen LogP contribution is 2.34. The van der Waals surface area contributed by atoms with E-state index in [0.717, 1.165) is 29.9 Å². The quantitative estimate of drug-likeness (QED) is 0.642. The summed E-state index contributed by atoms with van der Waals surface area (Å²) in [5, 5.41) is 8.89. The number of aromatic nitrogens is 2. The molecule has 4 rings (SSSR count). The molecular weight excluding hydrogens is 358 g/mol. The van der Waals surface area contributed by atoms with Gasteiger partial charge >= 0.3 is 0 Å². The van der Waals surface area contributed by atoms with Crippen LogP contribution in [0.2, 0.25) is 5.02 Å². The van der Waals surface area contributed by atoms with E-state index in [4.69, 9.17) is 16.7 Å². The lowest BCUT2D eigenvalue weighted by molar-refractivity contribution is 0.0953. The average molecular weight is 380 g/mol. The van der Waals surface area contributed by atoms with Gasteiger partial charge in [0.1, 0.15) is 0 Å². The number of hydrogen-bond donors (Lipinski definition) is 1. The Balaban J connectivity index is 1.84. The topological polar surface area (TPSA) is 46.9 Å². The van der Waals surface area contributed by atoms with Crippen LogP contribution in [-0.2, 0) is 12.8 Å². The first-order chi connectivity index (χ1) is 13.1. The van der Waals surface area contributed by atoms with Crippen molar-refractivity contribution in [2.24, 2.45) is 5.92 Å². The minimum Gasteiger partial charge on any atom is -0.338 e. The van der Waals surface area contributed by atoms with Gasteiger partial charge in [-0.3, -0.25) is 4.79 Å². The second-order valence-corrected chi connectivity index (χ2v) is 7.57. The van der Waals surface area contributed by atoms with Crippen molar-refractivity contribution >= 4 is 28.9 Å². The van der Waals surface area contributed by atoms with E-state index in [1.807, 2.05) is 47.1 Å². The molecule has 0 saturated carbocycles. The normalized spacial score (nSPS) is 16.3. The summed E-state index contributed by atoms with van der Waals surface area (Å²) in [6.07, 6.45) is 2.30. The van der Waals surface area contributed by atoms with Gasteiger partial charge in [-0.1, -0.05) is 43.6 Å². The van der Waals surface area contributed by atoms with Gasteiger partial charge in [-0.05, 0) is 54.7 Å². The minimum absolute atomic E-state index is 0.153. The van der Waals surface area contributed by atoms with E-state index in [9.17, 15) is 4.79 Å². The van der Waals surface area contributed by atoms with Crippen LogP contribution in [0.5, 0.6) is 0 Å². The Bertz CT molecular complexity index is 991. The molecule has 0 bridgehead atoms. The van der Waals surface area contributed by atoms with Crippen molar-refractivity contribution in [1.29, 1.82) is 0 Å². The zero-order chi connectivity index (χ0) is 19.0. The fraction of sp³-hybridized carbons (Fsp3) is 0.273. The van der Waals surface area contributed by atoms with Gasteiger partial charge < -0.3 is 5.32 Å². The lowest BCUT2D eigenvalue weighted by Crippen LogP contribution is -2.19. The third kappa shape index (κ3) is 3.37. The van der Waals surface area contributed by atoms with Crippen molar-refractivity contribution < 1.29 is 4.79 Å². The number of halogens is 1. The van der Waals surface area contributed by atoms with Gasteiger partial charge in [0.05, 0.1) is 16.9 Å². The van der Waals surface area contributed by atoms with Gasteiger partial charge in [0.15, 0.2) is 11.6 Å². The van der Waals surface area contributed by atoms with Crippen molar-refractivity contribution in [2.75, 3.05) is 5.32 Å². The largest absolute Gasteiger partial charge is 0.338 e. The van der Waals surface area contributed by atoms with Gasteiger partial charge in [0.2, 0.25) is 0 Å². The Labute approximate surface area is 164 Å². The number of anilines is 2. The number of rotatable bonds is 4. The third-order valence-electron chi connectivity index (χ3n) is 5.06. The first-order valence-corrected chi connectivity index (χ1v) is 9.70. The summed E-state index contributed by atoms with van der Waals surface area (Å²) in [5.41, 5.74) is 4.79.